The van der Waals surface area contributed by atoms with E-state index in [1.54, 1.807) is 7.11 Å². The fourth-order valence-corrected chi connectivity index (χ4v) is 2.19. The van der Waals surface area contributed by atoms with Crippen LogP contribution in [0.25, 0.3) is 0 Å². The third-order valence-electron chi connectivity index (χ3n) is 3.39. The third-order valence-corrected chi connectivity index (χ3v) is 3.39. The molecule has 1 rings (SSSR count). The first-order valence-corrected chi connectivity index (χ1v) is 7.17. The lowest BCUT2D eigenvalue weighted by Crippen LogP contribution is -2.20. The minimum atomic E-state index is 0.299. The summed E-state index contributed by atoms with van der Waals surface area (Å²) in [5.41, 5.74) is 2.43. The van der Waals surface area contributed by atoms with Gasteiger partial charge in [0.2, 0.25) is 0 Å². The minimum Gasteiger partial charge on any atom is -0.496 e. The Kier molecular flexibility index (Phi) is 7.53. The van der Waals surface area contributed by atoms with Gasteiger partial charge in [0.25, 0.3) is 0 Å². The van der Waals surface area contributed by atoms with Gasteiger partial charge in [-0.05, 0) is 44.9 Å². The Labute approximate surface area is 117 Å². The molecule has 0 spiro atoms. The summed E-state index contributed by atoms with van der Waals surface area (Å²) < 4.78 is 5.44. The molecule has 0 saturated heterocycles. The molecule has 1 aromatic carbocycles. The second kappa shape index (κ2) is 8.94. The van der Waals surface area contributed by atoms with E-state index < -0.39 is 0 Å². The first kappa shape index (κ1) is 16.0. The fraction of sp³-hybridized carbons (Fsp3) is 0.625. The normalized spacial score (nSPS) is 12.4. The number of ether oxygens (including phenoxy) is 1. The molecule has 108 valence electrons. The van der Waals surface area contributed by atoms with Crippen molar-refractivity contribution in [2.75, 3.05) is 20.3 Å². The highest BCUT2D eigenvalue weighted by atomic mass is 16.5. The molecule has 0 bridgehead atoms. The second-order valence-corrected chi connectivity index (χ2v) is 5.06. The predicted octanol–water partition coefficient (Wildman–Crippen LogP) is 3.21. The van der Waals surface area contributed by atoms with Gasteiger partial charge in [0.1, 0.15) is 5.75 Å². The Morgan fingerprint density at radius 1 is 1.21 bits per heavy atom. The monoisotopic (exact) mass is 265 g/mol. The zero-order chi connectivity index (χ0) is 14.1. The van der Waals surface area contributed by atoms with Gasteiger partial charge in [0.05, 0.1) is 7.11 Å². The van der Waals surface area contributed by atoms with E-state index in [2.05, 4.69) is 37.4 Å². The molecule has 0 fully saturated rings. The molecule has 0 aliphatic heterocycles. The Morgan fingerprint density at radius 3 is 2.63 bits per heavy atom. The summed E-state index contributed by atoms with van der Waals surface area (Å²) in [4.78, 5) is 0. The zero-order valence-corrected chi connectivity index (χ0v) is 12.4. The maximum atomic E-state index is 8.71. The van der Waals surface area contributed by atoms with Gasteiger partial charge in [-0.3, -0.25) is 0 Å². The largest absolute Gasteiger partial charge is 0.496 e. The molecule has 0 amide bonds. The number of methoxy groups -OCH3 is 1. The van der Waals surface area contributed by atoms with Crippen LogP contribution in [0.1, 0.15) is 49.8 Å². The third kappa shape index (κ3) is 5.62. The minimum absolute atomic E-state index is 0.299. The summed E-state index contributed by atoms with van der Waals surface area (Å²) in [5, 5.41) is 12.2. The Bertz CT molecular complexity index is 366. The Balaban J connectivity index is 2.38. The van der Waals surface area contributed by atoms with E-state index in [0.717, 1.165) is 31.6 Å². The lowest BCUT2D eigenvalue weighted by Gasteiger charge is -2.17. The smallest absolute Gasteiger partial charge is 0.123 e. The van der Waals surface area contributed by atoms with E-state index in [0.29, 0.717) is 12.6 Å². The summed E-state index contributed by atoms with van der Waals surface area (Å²) in [6, 6.07) is 6.64. The Hall–Kier alpha value is -1.06. The van der Waals surface area contributed by atoms with E-state index in [4.69, 9.17) is 9.84 Å². The molecule has 0 aliphatic carbocycles. The fourth-order valence-electron chi connectivity index (χ4n) is 2.19. The average molecular weight is 265 g/mol. The van der Waals surface area contributed by atoms with Crippen LogP contribution in [0.3, 0.4) is 0 Å². The summed E-state index contributed by atoms with van der Waals surface area (Å²) in [5.74, 6) is 0.959. The SMILES string of the molecule is COc1cc(C)ccc1C(C)NCCCCCCO. The average Bonchev–Trinajstić information content (AvgIpc) is 2.42. The number of rotatable bonds is 9. The van der Waals surface area contributed by atoms with Gasteiger partial charge in [-0.2, -0.15) is 0 Å². The van der Waals surface area contributed by atoms with Gasteiger partial charge in [-0.25, -0.2) is 0 Å². The van der Waals surface area contributed by atoms with Crippen LogP contribution in [-0.4, -0.2) is 25.4 Å². The van der Waals surface area contributed by atoms with Gasteiger partial charge >= 0.3 is 0 Å². The number of hydrogen-bond donors (Lipinski definition) is 2. The first-order valence-electron chi connectivity index (χ1n) is 7.17. The summed E-state index contributed by atoms with van der Waals surface area (Å²) in [7, 11) is 1.72. The summed E-state index contributed by atoms with van der Waals surface area (Å²) in [6.07, 6.45) is 4.35. The van der Waals surface area contributed by atoms with Crippen LogP contribution in [-0.2, 0) is 0 Å². The van der Waals surface area contributed by atoms with E-state index in [1.807, 2.05) is 0 Å². The first-order chi connectivity index (χ1) is 9.19. The van der Waals surface area contributed by atoms with E-state index in [1.165, 1.54) is 17.5 Å². The highest BCUT2D eigenvalue weighted by molar-refractivity contribution is 5.38. The molecule has 0 heterocycles. The van der Waals surface area contributed by atoms with Crippen molar-refractivity contribution in [2.24, 2.45) is 0 Å². The van der Waals surface area contributed by atoms with E-state index >= 15 is 0 Å². The van der Waals surface area contributed by atoms with Crippen molar-refractivity contribution in [1.29, 1.82) is 0 Å². The standard InChI is InChI=1S/C16H27NO2/c1-13-8-9-15(16(12-13)19-3)14(2)17-10-6-4-5-7-11-18/h8-9,12,14,17-18H,4-7,10-11H2,1-3H3. The van der Waals surface area contributed by atoms with Crippen molar-refractivity contribution in [3.05, 3.63) is 29.3 Å². The van der Waals surface area contributed by atoms with Crippen LogP contribution >= 0.6 is 0 Å². The van der Waals surface area contributed by atoms with E-state index in [9.17, 15) is 0 Å². The molecular weight excluding hydrogens is 238 g/mol. The molecule has 0 aromatic heterocycles. The molecular formula is C16H27NO2. The number of aliphatic hydroxyl groups is 1. The number of aryl methyl sites for hydroxylation is 1. The lowest BCUT2D eigenvalue weighted by molar-refractivity contribution is 0.282. The molecule has 1 unspecified atom stereocenters. The number of benzene rings is 1. The highest BCUT2D eigenvalue weighted by Gasteiger charge is 2.10. The second-order valence-electron chi connectivity index (χ2n) is 5.06. The topological polar surface area (TPSA) is 41.5 Å². The Morgan fingerprint density at radius 2 is 1.95 bits per heavy atom. The molecule has 1 aromatic rings. The molecule has 0 radical (unpaired) electrons. The molecule has 1 atom stereocenters. The van der Waals surface area contributed by atoms with Crippen LogP contribution < -0.4 is 10.1 Å². The lowest BCUT2D eigenvalue weighted by atomic mass is 10.0. The van der Waals surface area contributed by atoms with Gasteiger partial charge in [-0.15, -0.1) is 0 Å². The molecule has 3 nitrogen and oxygen atoms in total. The molecule has 19 heavy (non-hydrogen) atoms. The maximum absolute atomic E-state index is 8.71. The number of aliphatic hydroxyl groups excluding tert-OH is 1. The van der Waals surface area contributed by atoms with Crippen LogP contribution in [0, 0.1) is 6.92 Å². The highest BCUT2D eigenvalue weighted by Crippen LogP contribution is 2.25. The van der Waals surface area contributed by atoms with Crippen molar-refractivity contribution < 1.29 is 9.84 Å². The maximum Gasteiger partial charge on any atom is 0.123 e. The van der Waals surface area contributed by atoms with Crippen molar-refractivity contribution >= 4 is 0 Å². The van der Waals surface area contributed by atoms with Gasteiger partial charge in [0.15, 0.2) is 0 Å². The van der Waals surface area contributed by atoms with Gasteiger partial charge in [-0.1, -0.05) is 25.0 Å². The zero-order valence-electron chi connectivity index (χ0n) is 12.4. The van der Waals surface area contributed by atoms with Crippen molar-refractivity contribution in [3.8, 4) is 5.75 Å². The quantitative estimate of drug-likeness (QED) is 0.674. The van der Waals surface area contributed by atoms with Crippen LogP contribution in [0.5, 0.6) is 5.75 Å². The summed E-state index contributed by atoms with van der Waals surface area (Å²) >= 11 is 0. The van der Waals surface area contributed by atoms with Crippen molar-refractivity contribution in [1.82, 2.24) is 5.32 Å². The number of nitrogens with one attached hydrogen (secondary N) is 1. The van der Waals surface area contributed by atoms with Crippen LogP contribution in [0.15, 0.2) is 18.2 Å². The number of hydrogen-bond acceptors (Lipinski definition) is 3. The van der Waals surface area contributed by atoms with Crippen molar-refractivity contribution in [2.45, 2.75) is 45.6 Å². The van der Waals surface area contributed by atoms with Gasteiger partial charge < -0.3 is 15.2 Å². The van der Waals surface area contributed by atoms with Crippen LogP contribution in [0.2, 0.25) is 0 Å². The molecule has 2 N–H and O–H groups in total. The molecule has 3 heteroatoms. The number of unbranched alkanes of at least 4 members (excludes halogenated alkanes) is 3. The van der Waals surface area contributed by atoms with E-state index in [-0.39, 0.29) is 0 Å². The van der Waals surface area contributed by atoms with Crippen LogP contribution in [0.4, 0.5) is 0 Å². The predicted molar refractivity (Wildman–Crippen MR) is 79.7 cm³/mol. The summed E-state index contributed by atoms with van der Waals surface area (Å²) in [6.45, 7) is 5.56. The van der Waals surface area contributed by atoms with Crippen molar-refractivity contribution in [3.63, 3.8) is 0 Å². The molecule has 0 aliphatic rings. The molecule has 0 saturated carbocycles. The van der Waals surface area contributed by atoms with Gasteiger partial charge in [0, 0.05) is 18.2 Å².